The van der Waals surface area contributed by atoms with Crippen molar-refractivity contribution in [3.05, 3.63) is 200 Å². The molecule has 0 fully saturated rings. The first-order chi connectivity index (χ1) is 27.2. The summed E-state index contributed by atoms with van der Waals surface area (Å²) < 4.78 is 9.53. The molecule has 11 aromatic rings. The molecule has 11 rings (SSSR count). The second-order valence-corrected chi connectivity index (χ2v) is 15.2. The third-order valence-electron chi connectivity index (χ3n) is 10.8. The molecule has 0 aliphatic heterocycles. The van der Waals surface area contributed by atoms with E-state index in [-0.39, 0.29) is 0 Å². The Bertz CT molecular complexity index is 3200. The first-order valence-corrected chi connectivity index (χ1v) is 19.5. The Hall–Kier alpha value is -6.94. The van der Waals surface area contributed by atoms with E-state index in [0.717, 1.165) is 55.7 Å². The normalized spacial score (nSPS) is 11.6. The third-order valence-corrected chi connectivity index (χ3v) is 12.0. The highest BCUT2D eigenvalue weighted by atomic mass is 32.1. The number of anilines is 3. The van der Waals surface area contributed by atoms with Crippen LogP contribution in [0.15, 0.2) is 205 Å². The minimum atomic E-state index is 0.868. The molecule has 2 aromatic heterocycles. The van der Waals surface area contributed by atoms with Crippen molar-refractivity contribution >= 4 is 81.3 Å². The molecular formula is C52H33NOS. The Morgan fingerprint density at radius 2 is 1.00 bits per heavy atom. The van der Waals surface area contributed by atoms with E-state index in [1.165, 1.54) is 47.6 Å². The predicted molar refractivity (Wildman–Crippen MR) is 235 cm³/mol. The van der Waals surface area contributed by atoms with Gasteiger partial charge >= 0.3 is 0 Å². The quantitative estimate of drug-likeness (QED) is 0.170. The van der Waals surface area contributed by atoms with Crippen LogP contribution in [0.3, 0.4) is 0 Å². The summed E-state index contributed by atoms with van der Waals surface area (Å²) >= 11 is 1.86. The molecule has 0 N–H and O–H groups in total. The Balaban J connectivity index is 1.17. The summed E-state index contributed by atoms with van der Waals surface area (Å²) in [6.45, 7) is 0. The molecule has 2 nitrogen and oxygen atoms in total. The first kappa shape index (κ1) is 31.6. The van der Waals surface area contributed by atoms with Crippen LogP contribution in [0.25, 0.3) is 86.3 Å². The maximum atomic E-state index is 6.97. The van der Waals surface area contributed by atoms with E-state index >= 15 is 0 Å². The van der Waals surface area contributed by atoms with Gasteiger partial charge in [-0.25, -0.2) is 0 Å². The number of furan rings is 1. The molecule has 0 spiro atoms. The van der Waals surface area contributed by atoms with Crippen molar-refractivity contribution < 1.29 is 4.42 Å². The van der Waals surface area contributed by atoms with Gasteiger partial charge in [-0.05, 0) is 99.3 Å². The number of nitrogens with zero attached hydrogens (tertiary/aromatic N) is 1. The zero-order valence-electron chi connectivity index (χ0n) is 29.8. The van der Waals surface area contributed by atoms with E-state index in [0.29, 0.717) is 0 Å². The molecule has 258 valence electrons. The Morgan fingerprint density at radius 1 is 0.382 bits per heavy atom. The summed E-state index contributed by atoms with van der Waals surface area (Å²) in [7, 11) is 0. The van der Waals surface area contributed by atoms with E-state index in [1.54, 1.807) is 0 Å². The van der Waals surface area contributed by atoms with E-state index in [9.17, 15) is 0 Å². The number of thiophene rings is 1. The summed E-state index contributed by atoms with van der Waals surface area (Å²) in [5.74, 6) is 0. The van der Waals surface area contributed by atoms with E-state index < -0.39 is 0 Å². The maximum absolute atomic E-state index is 6.97. The van der Waals surface area contributed by atoms with Gasteiger partial charge in [-0.1, -0.05) is 140 Å². The molecule has 0 bridgehead atoms. The molecule has 9 aromatic carbocycles. The molecule has 0 radical (unpaired) electrons. The topological polar surface area (TPSA) is 16.4 Å². The van der Waals surface area contributed by atoms with Crippen molar-refractivity contribution in [3.63, 3.8) is 0 Å². The average Bonchev–Trinajstić information content (AvgIpc) is 3.83. The lowest BCUT2D eigenvalue weighted by Crippen LogP contribution is -2.10. The van der Waals surface area contributed by atoms with Gasteiger partial charge in [0, 0.05) is 42.5 Å². The summed E-state index contributed by atoms with van der Waals surface area (Å²) in [5, 5.41) is 7.11. The highest BCUT2D eigenvalue weighted by Gasteiger charge is 2.23. The van der Waals surface area contributed by atoms with Gasteiger partial charge in [0.05, 0.1) is 11.1 Å². The molecule has 0 atom stereocenters. The zero-order chi connectivity index (χ0) is 36.3. The largest absolute Gasteiger partial charge is 0.455 e. The minimum Gasteiger partial charge on any atom is -0.455 e. The lowest BCUT2D eigenvalue weighted by atomic mass is 9.98. The van der Waals surface area contributed by atoms with E-state index in [4.69, 9.17) is 4.42 Å². The van der Waals surface area contributed by atoms with Gasteiger partial charge in [0.2, 0.25) is 0 Å². The first-order valence-electron chi connectivity index (χ1n) is 18.7. The molecule has 0 aliphatic carbocycles. The van der Waals surface area contributed by atoms with Crippen LogP contribution in [0.2, 0.25) is 0 Å². The van der Waals surface area contributed by atoms with Crippen molar-refractivity contribution in [1.29, 1.82) is 0 Å². The summed E-state index contributed by atoms with van der Waals surface area (Å²) in [5.41, 5.74) is 12.0. The maximum Gasteiger partial charge on any atom is 0.145 e. The van der Waals surface area contributed by atoms with Crippen LogP contribution in [0.1, 0.15) is 0 Å². The van der Waals surface area contributed by atoms with Crippen LogP contribution in [-0.2, 0) is 0 Å². The van der Waals surface area contributed by atoms with Crippen LogP contribution in [0.5, 0.6) is 0 Å². The number of benzene rings is 9. The zero-order valence-corrected chi connectivity index (χ0v) is 30.6. The van der Waals surface area contributed by atoms with Crippen molar-refractivity contribution in [1.82, 2.24) is 0 Å². The standard InChI is InChI=1S/C52H33NOS/c1-4-12-34(13-5-1)39-22-26-45-48(31-39)54-52-43(37-17-8-3-9-18-37)27-28-47(51(45)52)53(41-23-20-36-16-10-11-19-38(36)30-41)42-24-29-49-46(33-42)44-25-21-40(32-50(44)55-49)35-14-6-2-7-15-35/h1-33H. The minimum absolute atomic E-state index is 0.868. The van der Waals surface area contributed by atoms with Gasteiger partial charge in [-0.2, -0.15) is 0 Å². The van der Waals surface area contributed by atoms with Crippen molar-refractivity contribution in [2.45, 2.75) is 0 Å². The molecular weight excluding hydrogens is 687 g/mol. The van der Waals surface area contributed by atoms with Crippen LogP contribution in [0, 0.1) is 0 Å². The third kappa shape index (κ3) is 5.40. The fourth-order valence-electron chi connectivity index (χ4n) is 8.16. The highest BCUT2D eigenvalue weighted by molar-refractivity contribution is 7.25. The van der Waals surface area contributed by atoms with Gasteiger partial charge < -0.3 is 9.32 Å². The molecule has 0 saturated heterocycles. The second-order valence-electron chi connectivity index (χ2n) is 14.1. The summed E-state index contributed by atoms with van der Waals surface area (Å²) in [4.78, 5) is 2.42. The summed E-state index contributed by atoms with van der Waals surface area (Å²) in [6.07, 6.45) is 0. The fraction of sp³-hybridized carbons (Fsp3) is 0. The smallest absolute Gasteiger partial charge is 0.145 e. The molecule has 0 aliphatic rings. The fourth-order valence-corrected chi connectivity index (χ4v) is 9.29. The molecule has 3 heteroatoms. The predicted octanol–water partition coefficient (Wildman–Crippen LogP) is 15.6. The van der Waals surface area contributed by atoms with Crippen LogP contribution in [-0.4, -0.2) is 0 Å². The van der Waals surface area contributed by atoms with Gasteiger partial charge in [-0.3, -0.25) is 0 Å². The monoisotopic (exact) mass is 719 g/mol. The number of fused-ring (bicyclic) bond motifs is 7. The van der Waals surface area contributed by atoms with Crippen molar-refractivity contribution in [3.8, 4) is 33.4 Å². The second kappa shape index (κ2) is 12.9. The van der Waals surface area contributed by atoms with Crippen molar-refractivity contribution in [2.24, 2.45) is 0 Å². The van der Waals surface area contributed by atoms with Crippen molar-refractivity contribution in [2.75, 3.05) is 4.90 Å². The van der Waals surface area contributed by atoms with Gasteiger partial charge in [0.15, 0.2) is 0 Å². The highest BCUT2D eigenvalue weighted by Crippen LogP contribution is 2.48. The Morgan fingerprint density at radius 3 is 1.75 bits per heavy atom. The number of hydrogen-bond donors (Lipinski definition) is 0. The van der Waals surface area contributed by atoms with E-state index in [2.05, 4.69) is 205 Å². The average molecular weight is 720 g/mol. The molecule has 0 saturated carbocycles. The number of hydrogen-bond acceptors (Lipinski definition) is 3. The lowest BCUT2D eigenvalue weighted by Gasteiger charge is -2.27. The van der Waals surface area contributed by atoms with Crippen LogP contribution < -0.4 is 4.90 Å². The summed E-state index contributed by atoms with van der Waals surface area (Å²) in [6, 6.07) is 72.1. The van der Waals surface area contributed by atoms with Gasteiger partial charge in [0.25, 0.3) is 0 Å². The lowest BCUT2D eigenvalue weighted by molar-refractivity contribution is 0.670. The van der Waals surface area contributed by atoms with Crippen LogP contribution in [0.4, 0.5) is 17.1 Å². The SMILES string of the molecule is c1ccc(-c2ccc3c(c2)oc2c(-c4ccccc4)ccc(N(c4ccc5ccccc5c4)c4ccc5sc6cc(-c7ccccc7)ccc6c5c4)c23)cc1. The molecule has 0 amide bonds. The Kier molecular flexibility index (Phi) is 7.39. The molecule has 55 heavy (non-hydrogen) atoms. The van der Waals surface area contributed by atoms with Gasteiger partial charge in [-0.15, -0.1) is 11.3 Å². The Labute approximate surface area is 322 Å². The molecule has 0 unspecified atom stereocenters. The molecule has 2 heterocycles. The number of rotatable bonds is 6. The van der Waals surface area contributed by atoms with E-state index in [1.807, 2.05) is 11.3 Å². The van der Waals surface area contributed by atoms with Gasteiger partial charge in [0.1, 0.15) is 11.2 Å². The van der Waals surface area contributed by atoms with Crippen LogP contribution >= 0.6 is 11.3 Å².